The lowest BCUT2D eigenvalue weighted by atomic mass is 9.98. The van der Waals surface area contributed by atoms with Crippen molar-refractivity contribution in [2.45, 2.75) is 42.4 Å². The van der Waals surface area contributed by atoms with Crippen LogP contribution >= 0.6 is 11.6 Å². The van der Waals surface area contributed by atoms with Crippen molar-refractivity contribution in [3.63, 3.8) is 0 Å². The van der Waals surface area contributed by atoms with E-state index in [0.717, 1.165) is 0 Å². The van der Waals surface area contributed by atoms with Crippen molar-refractivity contribution in [3.05, 3.63) is 53.6 Å². The molecule has 1 saturated heterocycles. The summed E-state index contributed by atoms with van der Waals surface area (Å²) in [6.07, 6.45) is 5.01. The number of nitrogens with zero attached hydrogens (tertiary/aromatic N) is 2. The van der Waals surface area contributed by atoms with Gasteiger partial charge in [0.25, 0.3) is 5.91 Å². The number of aromatic nitrogens is 2. The summed E-state index contributed by atoms with van der Waals surface area (Å²) in [6.45, 7) is 0.0301. The molecule has 9 nitrogen and oxygen atoms in total. The number of carbonyl (C=O) groups excluding carboxylic acids is 1. The summed E-state index contributed by atoms with van der Waals surface area (Å²) in [5, 5.41) is 12.8. The lowest BCUT2D eigenvalue weighted by Gasteiger charge is -2.36. The van der Waals surface area contributed by atoms with Crippen molar-refractivity contribution in [2.75, 3.05) is 13.2 Å². The Morgan fingerprint density at radius 1 is 1.30 bits per heavy atom. The summed E-state index contributed by atoms with van der Waals surface area (Å²) in [7, 11) is -3.80. The van der Waals surface area contributed by atoms with Crippen LogP contribution in [0.15, 0.2) is 47.8 Å². The number of ether oxygens (including phenoxy) is 1. The van der Waals surface area contributed by atoms with Gasteiger partial charge in [0, 0.05) is 24.0 Å². The van der Waals surface area contributed by atoms with E-state index in [9.17, 15) is 18.3 Å². The Morgan fingerprint density at radius 2 is 2.13 bits per heavy atom. The van der Waals surface area contributed by atoms with Crippen molar-refractivity contribution in [3.8, 4) is 0 Å². The number of hydrogen-bond donors (Lipinski definition) is 3. The molecular weight excluding hydrogens is 432 g/mol. The molecule has 1 amide bonds. The quantitative estimate of drug-likeness (QED) is 0.545. The van der Waals surface area contributed by atoms with Gasteiger partial charge in [0.15, 0.2) is 0 Å². The van der Waals surface area contributed by atoms with E-state index in [0.29, 0.717) is 30.8 Å². The molecule has 3 atom stereocenters. The molecule has 0 radical (unpaired) electrons. The minimum atomic E-state index is -3.80. The van der Waals surface area contributed by atoms with E-state index in [1.54, 1.807) is 12.1 Å². The molecule has 162 valence electrons. The van der Waals surface area contributed by atoms with Crippen molar-refractivity contribution >= 4 is 27.5 Å². The standard InChI is InChI=1S/C19H23ClN4O5S/c20-13-2-1-3-15(10-13)30(27,28)24-16-5-4-14(29-18(16)12-25)6-7-23-19(26)17-11-21-8-9-22-17/h1-3,8-11,14,16,18,24-25H,4-7,12H2,(H,23,26)/t14-,16+,18+/m0/s1. The normalized spacial score (nSPS) is 21.9. The number of aliphatic hydroxyl groups excluding tert-OH is 1. The van der Waals surface area contributed by atoms with Gasteiger partial charge in [-0.05, 0) is 37.5 Å². The SMILES string of the molecule is O=C(NCC[C@@H]1CC[C@@H](NS(=O)(=O)c2cccc(Cl)c2)[C@@H](CO)O1)c1cnccn1. The Bertz CT molecular complexity index is 960. The maximum absolute atomic E-state index is 12.6. The fourth-order valence-corrected chi connectivity index (χ4v) is 4.83. The predicted molar refractivity (Wildman–Crippen MR) is 110 cm³/mol. The maximum Gasteiger partial charge on any atom is 0.271 e. The van der Waals surface area contributed by atoms with Crippen LogP contribution in [0.2, 0.25) is 5.02 Å². The Labute approximate surface area is 179 Å². The fraction of sp³-hybridized carbons (Fsp3) is 0.421. The first-order chi connectivity index (χ1) is 14.4. The molecule has 2 aromatic rings. The van der Waals surface area contributed by atoms with Crippen LogP contribution in [0.1, 0.15) is 29.8 Å². The monoisotopic (exact) mass is 454 g/mol. The topological polar surface area (TPSA) is 131 Å². The van der Waals surface area contributed by atoms with E-state index in [-0.39, 0.29) is 29.2 Å². The van der Waals surface area contributed by atoms with E-state index in [1.165, 1.54) is 30.7 Å². The van der Waals surface area contributed by atoms with Gasteiger partial charge in [0.05, 0.1) is 35.9 Å². The lowest BCUT2D eigenvalue weighted by Crippen LogP contribution is -2.51. The van der Waals surface area contributed by atoms with E-state index < -0.39 is 22.2 Å². The zero-order valence-corrected chi connectivity index (χ0v) is 17.6. The van der Waals surface area contributed by atoms with E-state index in [1.807, 2.05) is 0 Å². The molecule has 1 aliphatic rings. The zero-order chi connectivity index (χ0) is 21.6. The van der Waals surface area contributed by atoms with Crippen molar-refractivity contribution in [1.82, 2.24) is 20.0 Å². The highest BCUT2D eigenvalue weighted by molar-refractivity contribution is 7.89. The van der Waals surface area contributed by atoms with Gasteiger partial charge in [0.1, 0.15) is 5.69 Å². The minimum absolute atomic E-state index is 0.0561. The highest BCUT2D eigenvalue weighted by atomic mass is 35.5. The summed E-state index contributed by atoms with van der Waals surface area (Å²) in [5.41, 5.74) is 0.228. The average molecular weight is 455 g/mol. The van der Waals surface area contributed by atoms with Gasteiger partial charge in [0.2, 0.25) is 10.0 Å². The van der Waals surface area contributed by atoms with Gasteiger partial charge in [-0.15, -0.1) is 0 Å². The van der Waals surface area contributed by atoms with Crippen LogP contribution in [0, 0.1) is 0 Å². The molecule has 1 aromatic heterocycles. The molecule has 1 aliphatic heterocycles. The van der Waals surface area contributed by atoms with Crippen LogP contribution in [0.5, 0.6) is 0 Å². The van der Waals surface area contributed by atoms with E-state index in [4.69, 9.17) is 16.3 Å². The number of halogens is 1. The second kappa shape index (κ2) is 10.3. The van der Waals surface area contributed by atoms with Crippen LogP contribution in [-0.4, -0.2) is 60.8 Å². The third-order valence-electron chi connectivity index (χ3n) is 4.76. The third-order valence-corrected chi connectivity index (χ3v) is 6.48. The third kappa shape index (κ3) is 5.96. The maximum atomic E-state index is 12.6. The number of hydrogen-bond acceptors (Lipinski definition) is 7. The van der Waals surface area contributed by atoms with Gasteiger partial charge in [-0.2, -0.15) is 0 Å². The second-order valence-electron chi connectivity index (χ2n) is 6.88. The fourth-order valence-electron chi connectivity index (χ4n) is 3.23. The van der Waals surface area contributed by atoms with Gasteiger partial charge >= 0.3 is 0 Å². The van der Waals surface area contributed by atoms with Crippen LogP contribution in [-0.2, 0) is 14.8 Å². The summed E-state index contributed by atoms with van der Waals surface area (Å²) < 4.78 is 33.7. The second-order valence-corrected chi connectivity index (χ2v) is 9.03. The highest BCUT2D eigenvalue weighted by Gasteiger charge is 2.33. The molecule has 1 fully saturated rings. The number of amides is 1. The minimum Gasteiger partial charge on any atom is -0.394 e. The van der Waals surface area contributed by atoms with Crippen molar-refractivity contribution in [1.29, 1.82) is 0 Å². The molecule has 30 heavy (non-hydrogen) atoms. The van der Waals surface area contributed by atoms with Gasteiger partial charge < -0.3 is 15.2 Å². The van der Waals surface area contributed by atoms with Crippen LogP contribution < -0.4 is 10.0 Å². The Morgan fingerprint density at radius 3 is 2.83 bits per heavy atom. The van der Waals surface area contributed by atoms with Crippen LogP contribution in [0.3, 0.4) is 0 Å². The first-order valence-corrected chi connectivity index (χ1v) is 11.3. The molecule has 2 heterocycles. The summed E-state index contributed by atoms with van der Waals surface area (Å²) in [4.78, 5) is 19.8. The molecule has 0 unspecified atom stereocenters. The molecule has 3 rings (SSSR count). The Kier molecular flexibility index (Phi) is 7.73. The summed E-state index contributed by atoms with van der Waals surface area (Å²) in [5.74, 6) is -0.329. The number of aliphatic hydroxyl groups is 1. The zero-order valence-electron chi connectivity index (χ0n) is 16.1. The molecule has 11 heteroatoms. The first kappa shape index (κ1) is 22.6. The Balaban J connectivity index is 1.51. The molecule has 0 spiro atoms. The van der Waals surface area contributed by atoms with Crippen LogP contribution in [0.4, 0.5) is 0 Å². The van der Waals surface area contributed by atoms with Gasteiger partial charge in [-0.1, -0.05) is 17.7 Å². The number of benzene rings is 1. The van der Waals surface area contributed by atoms with E-state index >= 15 is 0 Å². The van der Waals surface area contributed by atoms with Crippen molar-refractivity contribution in [2.24, 2.45) is 0 Å². The predicted octanol–water partition coefficient (Wildman–Crippen LogP) is 1.14. The number of carbonyl (C=O) groups is 1. The number of rotatable bonds is 8. The van der Waals surface area contributed by atoms with Gasteiger partial charge in [-0.3, -0.25) is 9.78 Å². The molecule has 0 bridgehead atoms. The first-order valence-electron chi connectivity index (χ1n) is 9.47. The van der Waals surface area contributed by atoms with E-state index in [2.05, 4.69) is 20.0 Å². The van der Waals surface area contributed by atoms with Crippen LogP contribution in [0.25, 0.3) is 0 Å². The number of sulfonamides is 1. The summed E-state index contributed by atoms with van der Waals surface area (Å²) in [6, 6.07) is 5.40. The van der Waals surface area contributed by atoms with Crippen molar-refractivity contribution < 1.29 is 23.1 Å². The Hall–Kier alpha value is -2.11. The summed E-state index contributed by atoms with van der Waals surface area (Å²) >= 11 is 5.88. The molecule has 0 saturated carbocycles. The smallest absolute Gasteiger partial charge is 0.271 e. The largest absolute Gasteiger partial charge is 0.394 e. The average Bonchev–Trinajstić information content (AvgIpc) is 2.75. The molecule has 1 aromatic carbocycles. The molecule has 0 aliphatic carbocycles. The lowest BCUT2D eigenvalue weighted by molar-refractivity contribution is -0.0871. The molecule has 3 N–H and O–H groups in total. The number of nitrogens with one attached hydrogen (secondary N) is 2. The highest BCUT2D eigenvalue weighted by Crippen LogP contribution is 2.24. The van der Waals surface area contributed by atoms with Gasteiger partial charge in [-0.25, -0.2) is 18.1 Å². The molecular formula is C19H23ClN4O5S.